The molecule has 0 aliphatic carbocycles. The molecular weight excluding hydrogens is 228 g/mol. The van der Waals surface area contributed by atoms with Crippen LogP contribution in [0.5, 0.6) is 0 Å². The molecule has 19 heavy (non-hydrogen) atoms. The maximum absolute atomic E-state index is 3.77. The molecule has 0 heteroatoms. The minimum Gasteiger partial charge on any atom is -0.103 e. The summed E-state index contributed by atoms with van der Waals surface area (Å²) >= 11 is 0. The molecule has 0 aromatic carbocycles. The van der Waals surface area contributed by atoms with E-state index in [0.29, 0.717) is 0 Å². The molecule has 0 rings (SSSR count). The van der Waals surface area contributed by atoms with Gasteiger partial charge in [0.15, 0.2) is 0 Å². The van der Waals surface area contributed by atoms with Gasteiger partial charge >= 0.3 is 0 Å². The van der Waals surface area contributed by atoms with Gasteiger partial charge in [0.05, 0.1) is 0 Å². The standard InChI is InChI=1S/C19H36/c1-4-7-9-11-12-14-16-18-19(6-3)17-15-13-10-8-5-2/h4,6H,1,5,7-18H2,2-3H3. The highest BCUT2D eigenvalue weighted by Crippen LogP contribution is 2.18. The predicted octanol–water partition coefficient (Wildman–Crippen LogP) is 7.21. The first kappa shape index (κ1) is 18.5. The molecule has 112 valence electrons. The van der Waals surface area contributed by atoms with Crippen molar-refractivity contribution in [2.24, 2.45) is 0 Å². The summed E-state index contributed by atoms with van der Waals surface area (Å²) in [6.07, 6.45) is 22.2. The lowest BCUT2D eigenvalue weighted by molar-refractivity contribution is 0.594. The first-order chi connectivity index (χ1) is 9.35. The van der Waals surface area contributed by atoms with Gasteiger partial charge in [-0.2, -0.15) is 0 Å². The molecule has 0 aromatic rings. The molecule has 0 nitrogen and oxygen atoms in total. The Morgan fingerprint density at radius 2 is 1.32 bits per heavy atom. The molecule has 0 radical (unpaired) electrons. The fourth-order valence-corrected chi connectivity index (χ4v) is 2.54. The van der Waals surface area contributed by atoms with Gasteiger partial charge in [-0.3, -0.25) is 0 Å². The number of allylic oxidation sites excluding steroid dienone is 3. The van der Waals surface area contributed by atoms with Crippen molar-refractivity contribution in [2.75, 3.05) is 0 Å². The Labute approximate surface area is 122 Å². The number of unbranched alkanes of at least 4 members (excludes halogenated alkanes) is 9. The van der Waals surface area contributed by atoms with Gasteiger partial charge in [-0.1, -0.05) is 69.6 Å². The van der Waals surface area contributed by atoms with Crippen LogP contribution in [-0.4, -0.2) is 0 Å². The lowest BCUT2D eigenvalue weighted by atomic mass is 9.99. The molecule has 0 aliphatic heterocycles. The van der Waals surface area contributed by atoms with Crippen LogP contribution in [0.2, 0.25) is 0 Å². The third-order valence-electron chi connectivity index (χ3n) is 3.92. The van der Waals surface area contributed by atoms with Crippen molar-refractivity contribution in [1.82, 2.24) is 0 Å². The highest BCUT2D eigenvalue weighted by molar-refractivity contribution is 4.99. The predicted molar refractivity (Wildman–Crippen MR) is 89.6 cm³/mol. The Hall–Kier alpha value is -0.520. The van der Waals surface area contributed by atoms with Gasteiger partial charge in [-0.25, -0.2) is 0 Å². The summed E-state index contributed by atoms with van der Waals surface area (Å²) in [5.74, 6) is 0. The van der Waals surface area contributed by atoms with Crippen LogP contribution < -0.4 is 0 Å². The summed E-state index contributed by atoms with van der Waals surface area (Å²) in [6, 6.07) is 0. The Kier molecular flexibility index (Phi) is 15.1. The normalized spacial score (nSPS) is 11.8. The zero-order valence-corrected chi connectivity index (χ0v) is 13.6. The van der Waals surface area contributed by atoms with E-state index in [-0.39, 0.29) is 0 Å². The summed E-state index contributed by atoms with van der Waals surface area (Å²) < 4.78 is 0. The third-order valence-corrected chi connectivity index (χ3v) is 3.92. The molecule has 0 heterocycles. The summed E-state index contributed by atoms with van der Waals surface area (Å²) in [7, 11) is 0. The van der Waals surface area contributed by atoms with Crippen molar-refractivity contribution in [3.63, 3.8) is 0 Å². The molecule has 0 spiro atoms. The lowest BCUT2D eigenvalue weighted by Gasteiger charge is -2.07. The zero-order chi connectivity index (χ0) is 14.2. The molecule has 0 unspecified atom stereocenters. The zero-order valence-electron chi connectivity index (χ0n) is 13.6. The molecular formula is C19H36. The fraction of sp³-hybridized carbons (Fsp3) is 0.789. The smallest absolute Gasteiger partial charge is 0.0320 e. The van der Waals surface area contributed by atoms with E-state index in [9.17, 15) is 0 Å². The second-order valence-electron chi connectivity index (χ2n) is 5.71. The molecule has 0 saturated heterocycles. The third kappa shape index (κ3) is 13.7. The highest BCUT2D eigenvalue weighted by Gasteiger charge is 1.98. The fourth-order valence-electron chi connectivity index (χ4n) is 2.54. The number of rotatable bonds is 14. The van der Waals surface area contributed by atoms with Gasteiger partial charge in [0.2, 0.25) is 0 Å². The molecule has 0 atom stereocenters. The van der Waals surface area contributed by atoms with E-state index in [1.54, 1.807) is 5.57 Å². The van der Waals surface area contributed by atoms with Crippen LogP contribution >= 0.6 is 0 Å². The van der Waals surface area contributed by atoms with Crippen molar-refractivity contribution >= 4 is 0 Å². The lowest BCUT2D eigenvalue weighted by Crippen LogP contribution is -1.87. The van der Waals surface area contributed by atoms with E-state index in [2.05, 4.69) is 26.5 Å². The molecule has 0 amide bonds. The van der Waals surface area contributed by atoms with Crippen molar-refractivity contribution < 1.29 is 0 Å². The largest absolute Gasteiger partial charge is 0.103 e. The van der Waals surface area contributed by atoms with Gasteiger partial charge in [-0.05, 0) is 45.4 Å². The average molecular weight is 264 g/mol. The first-order valence-corrected chi connectivity index (χ1v) is 8.60. The maximum Gasteiger partial charge on any atom is -0.0320 e. The minimum absolute atomic E-state index is 1.19. The molecule has 0 aliphatic rings. The van der Waals surface area contributed by atoms with Crippen molar-refractivity contribution in [2.45, 2.75) is 97.3 Å². The maximum atomic E-state index is 3.77. The molecule has 0 saturated carbocycles. The number of hydrogen-bond donors (Lipinski definition) is 0. The summed E-state index contributed by atoms with van der Waals surface area (Å²) in [4.78, 5) is 0. The van der Waals surface area contributed by atoms with Crippen LogP contribution in [0, 0.1) is 0 Å². The second-order valence-corrected chi connectivity index (χ2v) is 5.71. The summed E-state index contributed by atoms with van der Waals surface area (Å²) in [6.45, 7) is 8.27. The van der Waals surface area contributed by atoms with Crippen molar-refractivity contribution in [3.8, 4) is 0 Å². The van der Waals surface area contributed by atoms with Crippen LogP contribution in [0.3, 0.4) is 0 Å². The van der Waals surface area contributed by atoms with Crippen LogP contribution in [-0.2, 0) is 0 Å². The minimum atomic E-state index is 1.19. The molecule has 0 aromatic heterocycles. The van der Waals surface area contributed by atoms with Crippen LogP contribution in [0.4, 0.5) is 0 Å². The Morgan fingerprint density at radius 3 is 1.84 bits per heavy atom. The monoisotopic (exact) mass is 264 g/mol. The Balaban J connectivity index is 3.37. The molecule has 0 N–H and O–H groups in total. The van der Waals surface area contributed by atoms with E-state index in [0.717, 1.165) is 0 Å². The van der Waals surface area contributed by atoms with Crippen LogP contribution in [0.15, 0.2) is 24.3 Å². The van der Waals surface area contributed by atoms with E-state index in [4.69, 9.17) is 0 Å². The van der Waals surface area contributed by atoms with Crippen LogP contribution in [0.25, 0.3) is 0 Å². The molecule has 0 fully saturated rings. The summed E-state index contributed by atoms with van der Waals surface area (Å²) in [5, 5.41) is 0. The van der Waals surface area contributed by atoms with Gasteiger partial charge in [0.25, 0.3) is 0 Å². The topological polar surface area (TPSA) is 0 Å². The first-order valence-electron chi connectivity index (χ1n) is 8.60. The van der Waals surface area contributed by atoms with Gasteiger partial charge in [0, 0.05) is 0 Å². The van der Waals surface area contributed by atoms with E-state index >= 15 is 0 Å². The van der Waals surface area contributed by atoms with Gasteiger partial charge in [0.1, 0.15) is 0 Å². The van der Waals surface area contributed by atoms with Gasteiger partial charge in [-0.15, -0.1) is 6.58 Å². The highest BCUT2D eigenvalue weighted by atomic mass is 14.0. The van der Waals surface area contributed by atoms with E-state index < -0.39 is 0 Å². The van der Waals surface area contributed by atoms with E-state index in [1.807, 2.05) is 6.08 Å². The number of hydrogen-bond acceptors (Lipinski definition) is 0. The molecule has 0 bridgehead atoms. The average Bonchev–Trinajstić information content (AvgIpc) is 2.44. The Morgan fingerprint density at radius 1 is 0.789 bits per heavy atom. The van der Waals surface area contributed by atoms with Crippen LogP contribution in [0.1, 0.15) is 97.3 Å². The van der Waals surface area contributed by atoms with Crippen molar-refractivity contribution in [1.29, 1.82) is 0 Å². The van der Waals surface area contributed by atoms with Gasteiger partial charge < -0.3 is 0 Å². The van der Waals surface area contributed by atoms with E-state index in [1.165, 1.54) is 83.5 Å². The second kappa shape index (κ2) is 15.5. The summed E-state index contributed by atoms with van der Waals surface area (Å²) in [5.41, 5.74) is 1.70. The quantitative estimate of drug-likeness (QED) is 0.230. The Bertz CT molecular complexity index is 212. The SMILES string of the molecule is C=CCCCCCCCC(=CC)CCCCCCC. The van der Waals surface area contributed by atoms with Crippen molar-refractivity contribution in [3.05, 3.63) is 24.3 Å².